The summed E-state index contributed by atoms with van der Waals surface area (Å²) in [6.07, 6.45) is 1.37. The molecule has 2 aromatic heterocycles. The van der Waals surface area contributed by atoms with Crippen LogP contribution in [0, 0.1) is 0 Å². The van der Waals surface area contributed by atoms with Crippen LogP contribution in [-0.2, 0) is 13.5 Å². The molecule has 3 aromatic rings. The molecule has 3 rings (SSSR count). The fraction of sp³-hybridized carbons (Fsp3) is 0.231. The summed E-state index contributed by atoms with van der Waals surface area (Å²) in [4.78, 5) is 5.66. The van der Waals surface area contributed by atoms with E-state index >= 15 is 0 Å². The van der Waals surface area contributed by atoms with Gasteiger partial charge in [0.2, 0.25) is 0 Å². The van der Waals surface area contributed by atoms with Crippen molar-refractivity contribution in [3.8, 4) is 0 Å². The van der Waals surface area contributed by atoms with Crippen molar-refractivity contribution in [3.05, 3.63) is 47.9 Å². The lowest BCUT2D eigenvalue weighted by Crippen LogP contribution is -2.05. The van der Waals surface area contributed by atoms with Crippen LogP contribution in [0.15, 0.2) is 36.5 Å². The number of aryl methyl sites for hydroxylation is 1. The quantitative estimate of drug-likeness (QED) is 0.756. The first-order valence-electron chi connectivity index (χ1n) is 5.98. The predicted octanol–water partition coefficient (Wildman–Crippen LogP) is 1.03. The number of aliphatic hydroxyl groups is 1. The number of rotatable bonds is 3. The molecule has 0 amide bonds. The number of hydrogen-bond donors (Lipinski definition) is 1. The van der Waals surface area contributed by atoms with Gasteiger partial charge in [0.25, 0.3) is 0 Å². The van der Waals surface area contributed by atoms with Crippen molar-refractivity contribution >= 4 is 10.9 Å². The molecule has 2 heterocycles. The zero-order chi connectivity index (χ0) is 13.2. The van der Waals surface area contributed by atoms with Crippen molar-refractivity contribution in [2.24, 2.45) is 7.05 Å². The monoisotopic (exact) mass is 255 g/mol. The van der Waals surface area contributed by atoms with E-state index in [1.54, 1.807) is 13.2 Å². The second-order valence-electron chi connectivity index (χ2n) is 4.33. The summed E-state index contributed by atoms with van der Waals surface area (Å²) in [6.45, 7) is 0. The van der Waals surface area contributed by atoms with E-state index in [-0.39, 0.29) is 0 Å². The highest BCUT2D eigenvalue weighted by Crippen LogP contribution is 2.24. The standard InChI is InChI=1S/C13H13N5O/c1-18-16-13(15-17-18)8-12(19)10-6-7-14-11-5-3-2-4-9(10)11/h2-7,12,19H,8H2,1H3. The summed E-state index contributed by atoms with van der Waals surface area (Å²) in [5.74, 6) is 0.524. The minimum Gasteiger partial charge on any atom is -0.388 e. The van der Waals surface area contributed by atoms with Crippen molar-refractivity contribution in [1.29, 1.82) is 0 Å². The first-order valence-corrected chi connectivity index (χ1v) is 5.98. The van der Waals surface area contributed by atoms with Crippen molar-refractivity contribution in [2.75, 3.05) is 0 Å². The van der Waals surface area contributed by atoms with E-state index in [0.717, 1.165) is 16.5 Å². The average molecular weight is 255 g/mol. The van der Waals surface area contributed by atoms with E-state index in [9.17, 15) is 5.11 Å². The van der Waals surface area contributed by atoms with Crippen molar-refractivity contribution in [2.45, 2.75) is 12.5 Å². The fourth-order valence-electron chi connectivity index (χ4n) is 2.10. The van der Waals surface area contributed by atoms with Gasteiger partial charge in [-0.05, 0) is 22.9 Å². The number of aromatic nitrogens is 5. The van der Waals surface area contributed by atoms with E-state index in [1.165, 1.54) is 4.80 Å². The van der Waals surface area contributed by atoms with Gasteiger partial charge in [-0.15, -0.1) is 10.2 Å². The molecule has 6 heteroatoms. The minimum atomic E-state index is -0.669. The van der Waals surface area contributed by atoms with Crippen LogP contribution in [0.5, 0.6) is 0 Å². The Morgan fingerprint density at radius 3 is 2.89 bits per heavy atom. The molecule has 6 nitrogen and oxygen atoms in total. The Morgan fingerprint density at radius 1 is 1.26 bits per heavy atom. The van der Waals surface area contributed by atoms with Gasteiger partial charge in [-0.1, -0.05) is 18.2 Å². The van der Waals surface area contributed by atoms with Gasteiger partial charge in [0.1, 0.15) is 0 Å². The molecule has 0 aliphatic heterocycles. The SMILES string of the molecule is Cn1nnc(CC(O)c2ccnc3ccccc23)n1. The van der Waals surface area contributed by atoms with Gasteiger partial charge in [-0.2, -0.15) is 4.80 Å². The topological polar surface area (TPSA) is 76.7 Å². The van der Waals surface area contributed by atoms with Crippen LogP contribution in [0.3, 0.4) is 0 Å². The first kappa shape index (κ1) is 11.7. The second-order valence-corrected chi connectivity index (χ2v) is 4.33. The third kappa shape index (κ3) is 2.30. The predicted molar refractivity (Wildman–Crippen MR) is 69.2 cm³/mol. The van der Waals surface area contributed by atoms with Crippen LogP contribution in [0.4, 0.5) is 0 Å². The number of pyridine rings is 1. The summed E-state index contributed by atoms with van der Waals surface area (Å²) in [6, 6.07) is 9.55. The van der Waals surface area contributed by atoms with E-state index in [4.69, 9.17) is 0 Å². The maximum atomic E-state index is 10.3. The zero-order valence-electron chi connectivity index (χ0n) is 10.4. The summed E-state index contributed by atoms with van der Waals surface area (Å²) < 4.78 is 0. The highest BCUT2D eigenvalue weighted by atomic mass is 16.3. The Hall–Kier alpha value is -2.34. The average Bonchev–Trinajstić information content (AvgIpc) is 2.83. The molecule has 0 saturated heterocycles. The van der Waals surface area contributed by atoms with Gasteiger partial charge >= 0.3 is 0 Å². The summed E-state index contributed by atoms with van der Waals surface area (Å²) in [5, 5.41) is 23.0. The molecule has 0 radical (unpaired) electrons. The summed E-state index contributed by atoms with van der Waals surface area (Å²) >= 11 is 0. The molecule has 1 aromatic carbocycles. The number of hydrogen-bond acceptors (Lipinski definition) is 5. The lowest BCUT2D eigenvalue weighted by molar-refractivity contribution is 0.177. The lowest BCUT2D eigenvalue weighted by Gasteiger charge is -2.11. The molecule has 1 atom stereocenters. The third-order valence-corrected chi connectivity index (χ3v) is 2.97. The third-order valence-electron chi connectivity index (χ3n) is 2.97. The Balaban J connectivity index is 1.95. The van der Waals surface area contributed by atoms with Crippen LogP contribution in [-0.4, -0.2) is 30.3 Å². The van der Waals surface area contributed by atoms with Gasteiger partial charge < -0.3 is 5.11 Å². The molecular formula is C13H13N5O. The number of fused-ring (bicyclic) bond motifs is 1. The van der Waals surface area contributed by atoms with E-state index < -0.39 is 6.10 Å². The molecule has 1 N–H and O–H groups in total. The van der Waals surface area contributed by atoms with Crippen molar-refractivity contribution in [1.82, 2.24) is 25.2 Å². The molecule has 0 bridgehead atoms. The largest absolute Gasteiger partial charge is 0.388 e. The highest BCUT2D eigenvalue weighted by Gasteiger charge is 2.14. The molecule has 0 aliphatic rings. The van der Waals surface area contributed by atoms with Gasteiger partial charge in [0.15, 0.2) is 5.82 Å². The van der Waals surface area contributed by atoms with E-state index in [2.05, 4.69) is 20.4 Å². The van der Waals surface area contributed by atoms with Crippen LogP contribution >= 0.6 is 0 Å². The smallest absolute Gasteiger partial charge is 0.177 e. The number of tetrazole rings is 1. The van der Waals surface area contributed by atoms with Crippen molar-refractivity contribution in [3.63, 3.8) is 0 Å². The number of para-hydroxylation sites is 1. The molecule has 96 valence electrons. The molecule has 0 spiro atoms. The summed E-state index contributed by atoms with van der Waals surface area (Å²) in [5.41, 5.74) is 1.70. The highest BCUT2D eigenvalue weighted by molar-refractivity contribution is 5.82. The maximum absolute atomic E-state index is 10.3. The zero-order valence-corrected chi connectivity index (χ0v) is 10.4. The van der Waals surface area contributed by atoms with E-state index in [1.807, 2.05) is 30.3 Å². The molecule has 1 unspecified atom stereocenters. The second kappa shape index (κ2) is 4.74. The fourth-order valence-corrected chi connectivity index (χ4v) is 2.10. The Morgan fingerprint density at radius 2 is 2.11 bits per heavy atom. The normalized spacial score (nSPS) is 12.7. The maximum Gasteiger partial charge on any atom is 0.177 e. The first-order chi connectivity index (χ1) is 9.24. The molecule has 0 fully saturated rings. The van der Waals surface area contributed by atoms with Gasteiger partial charge in [0, 0.05) is 18.0 Å². The summed E-state index contributed by atoms with van der Waals surface area (Å²) in [7, 11) is 1.70. The molecule has 19 heavy (non-hydrogen) atoms. The van der Waals surface area contributed by atoms with Gasteiger partial charge in [0.05, 0.1) is 18.7 Å². The minimum absolute atomic E-state index is 0.335. The van der Waals surface area contributed by atoms with Crippen LogP contribution in [0.2, 0.25) is 0 Å². The molecule has 0 aliphatic carbocycles. The number of aliphatic hydroxyl groups excluding tert-OH is 1. The molecule has 0 saturated carbocycles. The Bertz CT molecular complexity index is 704. The lowest BCUT2D eigenvalue weighted by atomic mass is 10.0. The Labute approximate surface area is 109 Å². The van der Waals surface area contributed by atoms with E-state index in [0.29, 0.717) is 12.2 Å². The number of benzene rings is 1. The Kier molecular flexibility index (Phi) is 2.92. The van der Waals surface area contributed by atoms with Gasteiger partial charge in [-0.3, -0.25) is 4.98 Å². The van der Waals surface area contributed by atoms with Crippen LogP contribution in [0.1, 0.15) is 17.5 Å². The van der Waals surface area contributed by atoms with Crippen LogP contribution in [0.25, 0.3) is 10.9 Å². The van der Waals surface area contributed by atoms with Gasteiger partial charge in [-0.25, -0.2) is 0 Å². The molecular weight excluding hydrogens is 242 g/mol. The number of nitrogens with zero attached hydrogens (tertiary/aromatic N) is 5. The van der Waals surface area contributed by atoms with Crippen molar-refractivity contribution < 1.29 is 5.11 Å². The van der Waals surface area contributed by atoms with Crippen LogP contribution < -0.4 is 0 Å².